The second-order valence-electron chi connectivity index (χ2n) is 4.85. The highest BCUT2D eigenvalue weighted by atomic mass is 32.1. The zero-order valence-corrected chi connectivity index (χ0v) is 14.3. The summed E-state index contributed by atoms with van der Waals surface area (Å²) in [4.78, 5) is 0. The number of anilines is 1. The van der Waals surface area contributed by atoms with Gasteiger partial charge in [-0.25, -0.2) is 0 Å². The number of thiocarbonyl (C=S) groups is 1. The molecule has 4 nitrogen and oxygen atoms in total. The lowest BCUT2D eigenvalue weighted by Gasteiger charge is -2.12. The van der Waals surface area contributed by atoms with Crippen molar-refractivity contribution in [3.63, 3.8) is 0 Å². The van der Waals surface area contributed by atoms with Gasteiger partial charge in [0.05, 0.1) is 13.2 Å². The Balaban J connectivity index is 1.83. The van der Waals surface area contributed by atoms with Crippen LogP contribution in [-0.2, 0) is 6.54 Å². The van der Waals surface area contributed by atoms with Crippen molar-refractivity contribution < 1.29 is 9.47 Å². The first kappa shape index (κ1) is 17.1. The van der Waals surface area contributed by atoms with Gasteiger partial charge < -0.3 is 20.1 Å². The number of hydrogen-bond donors (Lipinski definition) is 2. The van der Waals surface area contributed by atoms with Gasteiger partial charge in [-0.2, -0.15) is 0 Å². The minimum absolute atomic E-state index is 0.576. The van der Waals surface area contributed by atoms with E-state index in [4.69, 9.17) is 21.7 Å². The summed E-state index contributed by atoms with van der Waals surface area (Å²) in [7, 11) is 0. The molecule has 0 unspecified atom stereocenters. The summed E-state index contributed by atoms with van der Waals surface area (Å²) in [6.45, 7) is 5.91. The molecule has 0 heterocycles. The van der Waals surface area contributed by atoms with Crippen molar-refractivity contribution in [3.05, 3.63) is 54.1 Å². The van der Waals surface area contributed by atoms with E-state index in [1.54, 1.807) is 0 Å². The standard InChI is InChI=1S/C18H22N2O2S/c1-3-21-16-10-8-14(9-11-16)13-19-18(23)20-15-6-5-7-17(12-15)22-4-2/h5-12H,3-4,13H2,1-2H3,(H2,19,20,23). The van der Waals surface area contributed by atoms with Crippen molar-refractivity contribution in [1.29, 1.82) is 0 Å². The maximum absolute atomic E-state index is 5.47. The molecule has 0 aliphatic rings. The fraction of sp³-hybridized carbons (Fsp3) is 0.278. The van der Waals surface area contributed by atoms with Crippen LogP contribution in [-0.4, -0.2) is 18.3 Å². The van der Waals surface area contributed by atoms with Crippen molar-refractivity contribution in [1.82, 2.24) is 5.32 Å². The van der Waals surface area contributed by atoms with Crippen molar-refractivity contribution in [2.75, 3.05) is 18.5 Å². The summed E-state index contributed by atoms with van der Waals surface area (Å²) in [6, 6.07) is 15.7. The van der Waals surface area contributed by atoms with Gasteiger partial charge in [0.15, 0.2) is 5.11 Å². The Hall–Kier alpha value is -2.27. The third-order valence-electron chi connectivity index (χ3n) is 3.09. The highest BCUT2D eigenvalue weighted by Gasteiger charge is 2.01. The van der Waals surface area contributed by atoms with E-state index in [1.807, 2.05) is 62.4 Å². The lowest BCUT2D eigenvalue weighted by atomic mass is 10.2. The molecule has 0 amide bonds. The average molecular weight is 330 g/mol. The van der Waals surface area contributed by atoms with Gasteiger partial charge in [0, 0.05) is 18.3 Å². The minimum Gasteiger partial charge on any atom is -0.494 e. The fourth-order valence-electron chi connectivity index (χ4n) is 2.06. The first-order chi connectivity index (χ1) is 11.2. The fourth-order valence-corrected chi connectivity index (χ4v) is 2.25. The Morgan fingerprint density at radius 3 is 2.35 bits per heavy atom. The maximum Gasteiger partial charge on any atom is 0.171 e. The molecule has 0 aromatic heterocycles. The van der Waals surface area contributed by atoms with Gasteiger partial charge in [-0.05, 0) is 55.9 Å². The van der Waals surface area contributed by atoms with Crippen LogP contribution in [0.1, 0.15) is 19.4 Å². The van der Waals surface area contributed by atoms with Crippen LogP contribution in [0.4, 0.5) is 5.69 Å². The minimum atomic E-state index is 0.576. The van der Waals surface area contributed by atoms with Crippen LogP contribution in [0.2, 0.25) is 0 Å². The van der Waals surface area contributed by atoms with Gasteiger partial charge in [0.25, 0.3) is 0 Å². The highest BCUT2D eigenvalue weighted by molar-refractivity contribution is 7.80. The van der Waals surface area contributed by atoms with Crippen molar-refractivity contribution in [3.8, 4) is 11.5 Å². The molecular formula is C18H22N2O2S. The number of rotatable bonds is 7. The van der Waals surface area contributed by atoms with E-state index in [-0.39, 0.29) is 0 Å². The molecule has 2 aromatic rings. The lowest BCUT2D eigenvalue weighted by Crippen LogP contribution is -2.27. The Labute approximate surface area is 142 Å². The van der Waals surface area contributed by atoms with Gasteiger partial charge in [-0.3, -0.25) is 0 Å². The Morgan fingerprint density at radius 1 is 0.957 bits per heavy atom. The molecule has 2 aromatic carbocycles. The Bertz CT molecular complexity index is 629. The molecule has 2 rings (SSSR count). The third kappa shape index (κ3) is 5.79. The third-order valence-corrected chi connectivity index (χ3v) is 3.34. The molecule has 5 heteroatoms. The van der Waals surface area contributed by atoms with Crippen molar-refractivity contribution in [2.45, 2.75) is 20.4 Å². The number of hydrogen-bond acceptors (Lipinski definition) is 3. The summed E-state index contributed by atoms with van der Waals surface area (Å²) >= 11 is 5.32. The second-order valence-corrected chi connectivity index (χ2v) is 5.25. The number of ether oxygens (including phenoxy) is 2. The first-order valence-electron chi connectivity index (χ1n) is 7.70. The summed E-state index contributed by atoms with van der Waals surface area (Å²) in [5.41, 5.74) is 2.04. The molecule has 0 spiro atoms. The van der Waals surface area contributed by atoms with Crippen LogP contribution >= 0.6 is 12.2 Å². The molecule has 122 valence electrons. The van der Waals surface area contributed by atoms with E-state index in [0.717, 1.165) is 22.7 Å². The van der Waals surface area contributed by atoms with Crippen LogP contribution in [0.3, 0.4) is 0 Å². The van der Waals surface area contributed by atoms with Gasteiger partial charge >= 0.3 is 0 Å². The van der Waals surface area contributed by atoms with Gasteiger partial charge in [0.2, 0.25) is 0 Å². The zero-order valence-electron chi connectivity index (χ0n) is 13.5. The van der Waals surface area contributed by atoms with Crippen LogP contribution in [0.5, 0.6) is 11.5 Å². The Kier molecular flexibility index (Phi) is 6.69. The van der Waals surface area contributed by atoms with E-state index >= 15 is 0 Å². The van der Waals surface area contributed by atoms with E-state index in [2.05, 4.69) is 10.6 Å². The summed E-state index contributed by atoms with van der Waals surface area (Å²) < 4.78 is 10.9. The molecular weight excluding hydrogens is 308 g/mol. The molecule has 0 bridgehead atoms. The smallest absolute Gasteiger partial charge is 0.171 e. The van der Waals surface area contributed by atoms with Crippen LogP contribution in [0.25, 0.3) is 0 Å². The topological polar surface area (TPSA) is 42.5 Å². The zero-order chi connectivity index (χ0) is 16.5. The van der Waals surface area contributed by atoms with Crippen molar-refractivity contribution in [2.24, 2.45) is 0 Å². The average Bonchev–Trinajstić information content (AvgIpc) is 2.55. The van der Waals surface area contributed by atoms with Crippen LogP contribution in [0.15, 0.2) is 48.5 Å². The molecule has 0 aliphatic carbocycles. The SMILES string of the molecule is CCOc1ccc(CNC(=S)Nc2cccc(OCC)c2)cc1. The van der Waals surface area contributed by atoms with E-state index in [0.29, 0.717) is 24.9 Å². The Morgan fingerprint density at radius 2 is 1.65 bits per heavy atom. The molecule has 23 heavy (non-hydrogen) atoms. The molecule has 0 radical (unpaired) electrons. The lowest BCUT2D eigenvalue weighted by molar-refractivity contribution is 0.340. The molecule has 0 aliphatic heterocycles. The van der Waals surface area contributed by atoms with E-state index in [9.17, 15) is 0 Å². The monoisotopic (exact) mass is 330 g/mol. The van der Waals surface area contributed by atoms with Crippen LogP contribution < -0.4 is 20.1 Å². The quantitative estimate of drug-likeness (QED) is 0.752. The molecule has 0 saturated carbocycles. The van der Waals surface area contributed by atoms with Crippen molar-refractivity contribution >= 4 is 23.0 Å². The normalized spacial score (nSPS) is 10.0. The number of benzene rings is 2. The largest absolute Gasteiger partial charge is 0.494 e. The predicted molar refractivity (Wildman–Crippen MR) is 98.3 cm³/mol. The van der Waals surface area contributed by atoms with Gasteiger partial charge in [-0.1, -0.05) is 18.2 Å². The molecule has 0 saturated heterocycles. The number of nitrogens with one attached hydrogen (secondary N) is 2. The first-order valence-corrected chi connectivity index (χ1v) is 8.11. The second kappa shape index (κ2) is 9.00. The highest BCUT2D eigenvalue weighted by Crippen LogP contribution is 2.17. The van der Waals surface area contributed by atoms with E-state index in [1.165, 1.54) is 0 Å². The summed E-state index contributed by atoms with van der Waals surface area (Å²) in [5, 5.41) is 6.92. The summed E-state index contributed by atoms with van der Waals surface area (Å²) in [6.07, 6.45) is 0. The van der Waals surface area contributed by atoms with Gasteiger partial charge in [-0.15, -0.1) is 0 Å². The van der Waals surface area contributed by atoms with E-state index < -0.39 is 0 Å². The maximum atomic E-state index is 5.47. The predicted octanol–water partition coefficient (Wildman–Crippen LogP) is 3.97. The summed E-state index contributed by atoms with van der Waals surface area (Å²) in [5.74, 6) is 1.71. The molecule has 0 fully saturated rings. The molecule has 2 N–H and O–H groups in total. The molecule has 0 atom stereocenters. The van der Waals surface area contributed by atoms with Crippen LogP contribution in [0, 0.1) is 0 Å². The van der Waals surface area contributed by atoms with Gasteiger partial charge in [0.1, 0.15) is 11.5 Å².